The molecule has 3 saturated heterocycles. The summed E-state index contributed by atoms with van der Waals surface area (Å²) in [6.45, 7) is 11.1. The first-order chi connectivity index (χ1) is 26.0. The summed E-state index contributed by atoms with van der Waals surface area (Å²) in [5.74, 6) is -1.38. The molecular weight excluding hydrogens is 776 g/mol. The molecule has 0 unspecified atom stereocenters. The zero-order valence-electron chi connectivity index (χ0n) is 32.0. The van der Waals surface area contributed by atoms with Gasteiger partial charge in [-0.05, 0) is 50.5 Å². The van der Waals surface area contributed by atoms with Crippen LogP contribution in [0.1, 0.15) is 49.4 Å². The molecule has 7 rings (SSSR count). The lowest BCUT2D eigenvalue weighted by Gasteiger charge is -2.50. The minimum absolute atomic E-state index is 0. The number of benzene rings is 3. The van der Waals surface area contributed by atoms with Crippen molar-refractivity contribution < 1.29 is 54.0 Å². The molecule has 3 fully saturated rings. The third-order valence-electron chi connectivity index (χ3n) is 10.6. The zero-order chi connectivity index (χ0) is 38.4. The summed E-state index contributed by atoms with van der Waals surface area (Å²) in [6, 6.07) is 12.7. The van der Waals surface area contributed by atoms with Crippen molar-refractivity contribution in [3.8, 4) is 22.9 Å². The fourth-order valence-electron chi connectivity index (χ4n) is 7.45. The number of hydrogen-bond donors (Lipinski definition) is 0. The van der Waals surface area contributed by atoms with Crippen molar-refractivity contribution in [2.24, 2.45) is 0 Å². The van der Waals surface area contributed by atoms with Crippen molar-refractivity contribution in [2.45, 2.75) is 39.0 Å². The predicted molar refractivity (Wildman–Crippen MR) is 204 cm³/mol. The van der Waals surface area contributed by atoms with Gasteiger partial charge in [0, 0.05) is 87.9 Å². The van der Waals surface area contributed by atoms with Crippen molar-refractivity contribution in [3.05, 3.63) is 88.2 Å². The number of piperazine rings is 3. The molecule has 1 aromatic heterocycles. The number of ether oxygens (including phenoxy) is 3. The van der Waals surface area contributed by atoms with Gasteiger partial charge in [0.05, 0.1) is 51.1 Å². The molecule has 0 aliphatic carbocycles. The molecular formula is C41H50BrF2N5O6. The number of carbonyl (C=O) groups excluding carboxylic acids is 2. The number of halogens is 3. The molecule has 55 heavy (non-hydrogen) atoms. The highest BCUT2D eigenvalue weighted by Crippen LogP contribution is 2.30. The van der Waals surface area contributed by atoms with E-state index in [9.17, 15) is 23.2 Å². The zero-order valence-corrected chi connectivity index (χ0v) is 33.6. The Morgan fingerprint density at radius 1 is 0.836 bits per heavy atom. The van der Waals surface area contributed by atoms with Crippen LogP contribution in [-0.4, -0.2) is 111 Å². The number of quaternary nitrogens is 1. The molecule has 4 heterocycles. The van der Waals surface area contributed by atoms with Crippen LogP contribution in [0.5, 0.6) is 17.2 Å². The van der Waals surface area contributed by atoms with Crippen molar-refractivity contribution in [1.29, 1.82) is 0 Å². The Hall–Kier alpha value is -4.53. The first-order valence-electron chi connectivity index (χ1n) is 18.8. The number of amides is 2. The second kappa shape index (κ2) is 18.4. The van der Waals surface area contributed by atoms with Gasteiger partial charge in [0.25, 0.3) is 5.91 Å². The fourth-order valence-corrected chi connectivity index (χ4v) is 7.45. The van der Waals surface area contributed by atoms with Crippen LogP contribution >= 0.6 is 0 Å². The Morgan fingerprint density at radius 2 is 1.49 bits per heavy atom. The highest BCUT2D eigenvalue weighted by atomic mass is 79.9. The van der Waals surface area contributed by atoms with E-state index < -0.39 is 29.1 Å². The van der Waals surface area contributed by atoms with Crippen LogP contribution in [0.25, 0.3) is 16.6 Å². The van der Waals surface area contributed by atoms with Gasteiger partial charge in [-0.1, -0.05) is 12.8 Å². The van der Waals surface area contributed by atoms with Crippen LogP contribution in [0.3, 0.4) is 0 Å². The van der Waals surface area contributed by atoms with Crippen molar-refractivity contribution in [1.82, 2.24) is 14.4 Å². The summed E-state index contributed by atoms with van der Waals surface area (Å²) >= 11 is 0. The number of anilines is 1. The lowest BCUT2D eigenvalue weighted by Crippen LogP contribution is -3.00. The van der Waals surface area contributed by atoms with Crippen LogP contribution in [-0.2, 0) is 0 Å². The van der Waals surface area contributed by atoms with Crippen LogP contribution in [0.4, 0.5) is 19.3 Å². The van der Waals surface area contributed by atoms with Gasteiger partial charge in [0.1, 0.15) is 34.4 Å². The number of unbranched alkanes of at least 4 members (excludes halogenated alkanes) is 4. The van der Waals surface area contributed by atoms with E-state index in [-0.39, 0.29) is 45.9 Å². The Bertz CT molecular complexity index is 2020. The van der Waals surface area contributed by atoms with E-state index in [1.54, 1.807) is 62.0 Å². The summed E-state index contributed by atoms with van der Waals surface area (Å²) in [7, 11) is 4.58. The minimum atomic E-state index is -0.852. The van der Waals surface area contributed by atoms with Gasteiger partial charge in [-0.15, -0.1) is 0 Å². The third kappa shape index (κ3) is 9.83. The number of aromatic nitrogens is 1. The SMILES string of the molecule is CCN(C(=O)c1cn(-c2cc(OC)cc(OC(=O)N(C)C)c2)c2cc(OCCCCCCC[N+]34CCN(CC3)CC4)ccc2c1=O)c1cc(F)cc(F)c1.[Br-]. The molecule has 11 nitrogen and oxygen atoms in total. The number of fused-ring (bicyclic) bond motifs is 4. The summed E-state index contributed by atoms with van der Waals surface area (Å²) in [6.07, 6.45) is 6.33. The maximum atomic E-state index is 14.2. The molecule has 0 saturated carbocycles. The molecule has 2 amide bonds. The lowest BCUT2D eigenvalue weighted by atomic mass is 10.1. The fraction of sp³-hybridized carbons (Fsp3) is 0.439. The van der Waals surface area contributed by atoms with Crippen LogP contribution in [0.15, 0.2) is 65.6 Å². The second-order valence-corrected chi connectivity index (χ2v) is 14.4. The van der Waals surface area contributed by atoms with Crippen molar-refractivity contribution in [3.63, 3.8) is 0 Å². The van der Waals surface area contributed by atoms with Crippen LogP contribution in [0, 0.1) is 11.6 Å². The number of rotatable bonds is 15. The molecule has 296 valence electrons. The third-order valence-corrected chi connectivity index (χ3v) is 10.6. The van der Waals surface area contributed by atoms with Gasteiger partial charge >= 0.3 is 6.09 Å². The molecule has 3 aliphatic rings. The second-order valence-electron chi connectivity index (χ2n) is 14.4. The molecule has 14 heteroatoms. The van der Waals surface area contributed by atoms with E-state index in [1.807, 2.05) is 0 Å². The van der Waals surface area contributed by atoms with E-state index in [2.05, 4.69) is 4.90 Å². The number of methoxy groups -OCH3 is 1. The quantitative estimate of drug-likeness (QED) is 0.134. The molecule has 4 aromatic rings. The first-order valence-corrected chi connectivity index (χ1v) is 18.8. The average molecular weight is 827 g/mol. The van der Waals surface area contributed by atoms with Gasteiger partial charge in [0.2, 0.25) is 5.43 Å². The number of nitrogens with zero attached hydrogens (tertiary/aromatic N) is 5. The van der Waals surface area contributed by atoms with E-state index in [1.165, 1.54) is 81.3 Å². The summed E-state index contributed by atoms with van der Waals surface area (Å²) in [5.41, 5.74) is 0.0290. The summed E-state index contributed by atoms with van der Waals surface area (Å²) in [4.78, 5) is 45.6. The lowest BCUT2D eigenvalue weighted by molar-refractivity contribution is -0.941. The molecule has 0 spiro atoms. The monoisotopic (exact) mass is 825 g/mol. The van der Waals surface area contributed by atoms with Gasteiger partial charge < -0.3 is 50.0 Å². The highest BCUT2D eigenvalue weighted by Gasteiger charge is 2.37. The Labute approximate surface area is 331 Å². The van der Waals surface area contributed by atoms with Crippen LogP contribution < -0.4 is 41.5 Å². The Kier molecular flexibility index (Phi) is 13.9. The van der Waals surface area contributed by atoms with E-state index in [4.69, 9.17) is 14.2 Å². The van der Waals surface area contributed by atoms with Gasteiger partial charge in [-0.3, -0.25) is 14.5 Å². The average Bonchev–Trinajstić information content (AvgIpc) is 3.16. The van der Waals surface area contributed by atoms with Gasteiger partial charge in [-0.2, -0.15) is 0 Å². The van der Waals surface area contributed by atoms with Crippen molar-refractivity contribution >= 4 is 28.6 Å². The van der Waals surface area contributed by atoms with E-state index in [0.29, 0.717) is 35.4 Å². The summed E-state index contributed by atoms with van der Waals surface area (Å²) < 4.78 is 48.6. The number of pyridine rings is 1. The van der Waals surface area contributed by atoms with Crippen LogP contribution in [0.2, 0.25) is 0 Å². The topological polar surface area (TPSA) is 93.6 Å². The number of hydrogen-bond acceptors (Lipinski definition) is 7. The molecule has 3 aliphatic heterocycles. The molecule has 3 aromatic carbocycles. The molecule has 2 bridgehead atoms. The van der Waals surface area contributed by atoms with Gasteiger partial charge in [-0.25, -0.2) is 13.6 Å². The largest absolute Gasteiger partial charge is 1.00 e. The highest BCUT2D eigenvalue weighted by molar-refractivity contribution is 6.07. The first kappa shape index (κ1) is 41.6. The smallest absolute Gasteiger partial charge is 0.414 e. The maximum Gasteiger partial charge on any atom is 0.414 e. The predicted octanol–water partition coefficient (Wildman–Crippen LogP) is 3.48. The van der Waals surface area contributed by atoms with Crippen molar-refractivity contribution in [2.75, 3.05) is 85.1 Å². The molecule has 0 N–H and O–H groups in total. The van der Waals surface area contributed by atoms with E-state index >= 15 is 0 Å². The maximum absolute atomic E-state index is 14.2. The summed E-state index contributed by atoms with van der Waals surface area (Å²) in [5, 5.41) is 0.214. The normalized spacial score (nSPS) is 17.4. The number of carbonyl (C=O) groups is 2. The van der Waals surface area contributed by atoms with E-state index in [0.717, 1.165) is 36.3 Å². The molecule has 0 radical (unpaired) electrons. The Morgan fingerprint density at radius 3 is 2.15 bits per heavy atom. The van der Waals surface area contributed by atoms with Gasteiger partial charge in [0.15, 0.2) is 0 Å². The standard InChI is InChI=1S/C41H50F2N5O6.BrH/c1-5-46(31-22-29(42)21-30(43)23-31)40(50)37-28-47(32-24-34(52-4)26-35(25-32)54-41(51)44(2)3)38-27-33(11-12-36(38)39(37)49)53-20-10-8-6-7-9-16-48-17-13-45(14-18-48)15-19-48;/h11-12,21-28H,5-10,13-20H2,1-4H3;1H/q+1;/p-1. The Balaban J connectivity index is 0.00000580. The minimum Gasteiger partial charge on any atom is -1.00 e. The molecule has 0 atom stereocenters.